The average molecular weight is 329 g/mol. The molecule has 3 amide bonds. The lowest BCUT2D eigenvalue weighted by Gasteiger charge is -2.27. The Labute approximate surface area is 138 Å². The highest BCUT2D eigenvalue weighted by atomic mass is 32.1. The van der Waals surface area contributed by atoms with E-state index in [1.54, 1.807) is 24.3 Å². The monoisotopic (exact) mass is 329 g/mol. The van der Waals surface area contributed by atoms with E-state index < -0.39 is 11.8 Å². The third-order valence-corrected chi connectivity index (χ3v) is 3.36. The predicted octanol–water partition coefficient (Wildman–Crippen LogP) is 1.46. The lowest BCUT2D eigenvalue weighted by atomic mass is 10.1. The van der Waals surface area contributed by atoms with Gasteiger partial charge < -0.3 is 5.32 Å². The van der Waals surface area contributed by atoms with Crippen LogP contribution < -0.4 is 10.6 Å². The summed E-state index contributed by atoms with van der Waals surface area (Å²) in [5, 5.41) is 5.19. The van der Waals surface area contributed by atoms with E-state index in [0.29, 0.717) is 11.3 Å². The number of hydrogen-bond donors (Lipinski definition) is 2. The first-order valence-electron chi connectivity index (χ1n) is 6.80. The zero-order valence-corrected chi connectivity index (χ0v) is 13.3. The number of hydrogen-bond acceptors (Lipinski definition) is 4. The molecule has 0 aliphatic carbocycles. The first-order valence-corrected chi connectivity index (χ1v) is 7.20. The SMILES string of the molecule is C=CCN1C(=O)C(=Cc2ccc(NC(C)=O)cc2)C(=O)NC1=S. The highest BCUT2D eigenvalue weighted by molar-refractivity contribution is 7.80. The number of thiocarbonyl (C=S) groups is 1. The van der Waals surface area contributed by atoms with Gasteiger partial charge in [-0.25, -0.2) is 0 Å². The smallest absolute Gasteiger partial charge is 0.265 e. The molecule has 118 valence electrons. The summed E-state index contributed by atoms with van der Waals surface area (Å²) in [6.45, 7) is 5.20. The molecule has 2 rings (SSSR count). The number of amides is 3. The molecule has 0 saturated carbocycles. The standard InChI is InChI=1S/C16H15N3O3S/c1-3-8-19-15(22)13(14(21)18-16(19)23)9-11-4-6-12(7-5-11)17-10(2)20/h3-7,9H,1,8H2,2H3,(H,17,20)(H,18,21,23). The largest absolute Gasteiger partial charge is 0.326 e. The first-order chi connectivity index (χ1) is 10.9. The van der Waals surface area contributed by atoms with E-state index in [1.807, 2.05) is 0 Å². The van der Waals surface area contributed by atoms with E-state index in [0.717, 1.165) is 0 Å². The van der Waals surface area contributed by atoms with Crippen molar-refractivity contribution in [3.05, 3.63) is 48.1 Å². The van der Waals surface area contributed by atoms with Gasteiger partial charge in [-0.05, 0) is 36.0 Å². The van der Waals surface area contributed by atoms with E-state index in [4.69, 9.17) is 12.2 Å². The maximum Gasteiger partial charge on any atom is 0.265 e. The predicted molar refractivity (Wildman–Crippen MR) is 91.4 cm³/mol. The Balaban J connectivity index is 2.27. The highest BCUT2D eigenvalue weighted by Crippen LogP contribution is 2.16. The highest BCUT2D eigenvalue weighted by Gasteiger charge is 2.32. The molecule has 0 unspecified atom stereocenters. The van der Waals surface area contributed by atoms with Gasteiger partial charge >= 0.3 is 0 Å². The minimum atomic E-state index is -0.536. The molecule has 1 fully saturated rings. The van der Waals surface area contributed by atoms with Crippen LogP contribution in [-0.4, -0.2) is 34.3 Å². The topological polar surface area (TPSA) is 78.5 Å². The average Bonchev–Trinajstić information content (AvgIpc) is 2.49. The molecule has 1 aromatic rings. The number of carbonyl (C=O) groups is 3. The third-order valence-electron chi connectivity index (χ3n) is 3.04. The maximum absolute atomic E-state index is 12.4. The molecule has 0 spiro atoms. The van der Waals surface area contributed by atoms with E-state index in [1.165, 1.54) is 24.0 Å². The number of rotatable bonds is 4. The summed E-state index contributed by atoms with van der Waals surface area (Å²) in [7, 11) is 0. The molecule has 1 heterocycles. The van der Waals surface area contributed by atoms with Crippen molar-refractivity contribution in [2.45, 2.75) is 6.92 Å². The Morgan fingerprint density at radius 1 is 1.35 bits per heavy atom. The molecule has 1 aliphatic heterocycles. The van der Waals surface area contributed by atoms with Crippen molar-refractivity contribution in [3.8, 4) is 0 Å². The summed E-state index contributed by atoms with van der Waals surface area (Å²) < 4.78 is 0. The molecule has 1 aromatic carbocycles. The van der Waals surface area contributed by atoms with Crippen molar-refractivity contribution in [3.63, 3.8) is 0 Å². The van der Waals surface area contributed by atoms with Crippen LogP contribution >= 0.6 is 12.2 Å². The van der Waals surface area contributed by atoms with Gasteiger partial charge in [0, 0.05) is 19.2 Å². The van der Waals surface area contributed by atoms with E-state index >= 15 is 0 Å². The van der Waals surface area contributed by atoms with Gasteiger partial charge in [0.15, 0.2) is 5.11 Å². The van der Waals surface area contributed by atoms with Gasteiger partial charge in [-0.15, -0.1) is 6.58 Å². The van der Waals surface area contributed by atoms with Crippen LogP contribution in [-0.2, 0) is 14.4 Å². The summed E-state index contributed by atoms with van der Waals surface area (Å²) in [6.07, 6.45) is 3.01. The van der Waals surface area contributed by atoms with Crippen molar-refractivity contribution in [2.75, 3.05) is 11.9 Å². The second kappa shape index (κ2) is 6.97. The van der Waals surface area contributed by atoms with E-state index in [9.17, 15) is 14.4 Å². The Morgan fingerprint density at radius 3 is 2.57 bits per heavy atom. The molecule has 0 bridgehead atoms. The number of benzene rings is 1. The lowest BCUT2D eigenvalue weighted by molar-refractivity contribution is -0.128. The normalized spacial score (nSPS) is 16.3. The fraction of sp³-hybridized carbons (Fsp3) is 0.125. The summed E-state index contributed by atoms with van der Waals surface area (Å²) in [6, 6.07) is 6.77. The molecule has 7 heteroatoms. The Bertz CT molecular complexity index is 723. The third kappa shape index (κ3) is 3.89. The van der Waals surface area contributed by atoms with Crippen molar-refractivity contribution >= 4 is 46.8 Å². The van der Waals surface area contributed by atoms with Crippen LogP contribution in [0.2, 0.25) is 0 Å². The molecule has 0 radical (unpaired) electrons. The van der Waals surface area contributed by atoms with Gasteiger partial charge in [0.25, 0.3) is 11.8 Å². The van der Waals surface area contributed by atoms with Crippen molar-refractivity contribution in [1.29, 1.82) is 0 Å². The van der Waals surface area contributed by atoms with Gasteiger partial charge in [0.1, 0.15) is 5.57 Å². The maximum atomic E-state index is 12.4. The number of anilines is 1. The molecule has 0 atom stereocenters. The number of nitrogens with one attached hydrogen (secondary N) is 2. The van der Waals surface area contributed by atoms with E-state index in [-0.39, 0.29) is 23.1 Å². The first kappa shape index (κ1) is 16.6. The zero-order valence-electron chi connectivity index (χ0n) is 12.5. The summed E-state index contributed by atoms with van der Waals surface area (Å²) in [4.78, 5) is 36.6. The summed E-state index contributed by atoms with van der Waals surface area (Å²) >= 11 is 4.98. The van der Waals surface area contributed by atoms with Crippen molar-refractivity contribution in [2.24, 2.45) is 0 Å². The zero-order chi connectivity index (χ0) is 17.0. The minimum absolute atomic E-state index is 0.00673. The van der Waals surface area contributed by atoms with Crippen LogP contribution in [0.25, 0.3) is 6.08 Å². The summed E-state index contributed by atoms with van der Waals surface area (Å²) in [5.41, 5.74) is 1.28. The van der Waals surface area contributed by atoms with Gasteiger partial charge in [0.2, 0.25) is 5.91 Å². The minimum Gasteiger partial charge on any atom is -0.326 e. The molecule has 23 heavy (non-hydrogen) atoms. The van der Waals surface area contributed by atoms with Crippen LogP contribution in [0.15, 0.2) is 42.5 Å². The number of carbonyl (C=O) groups excluding carboxylic acids is 3. The van der Waals surface area contributed by atoms with Crippen molar-refractivity contribution in [1.82, 2.24) is 10.2 Å². The molecule has 2 N–H and O–H groups in total. The fourth-order valence-electron chi connectivity index (χ4n) is 2.02. The molecule has 1 saturated heterocycles. The van der Waals surface area contributed by atoms with Gasteiger partial charge in [-0.2, -0.15) is 0 Å². The molecular formula is C16H15N3O3S. The fourth-order valence-corrected chi connectivity index (χ4v) is 2.27. The number of nitrogens with zero attached hydrogens (tertiary/aromatic N) is 1. The van der Waals surface area contributed by atoms with Crippen LogP contribution in [0, 0.1) is 0 Å². The van der Waals surface area contributed by atoms with Crippen molar-refractivity contribution < 1.29 is 14.4 Å². The lowest BCUT2D eigenvalue weighted by Crippen LogP contribution is -2.53. The van der Waals surface area contributed by atoms with Gasteiger partial charge in [0.05, 0.1) is 0 Å². The molecule has 1 aliphatic rings. The second-order valence-corrected chi connectivity index (χ2v) is 5.21. The Hall–Kier alpha value is -2.80. The molecule has 6 nitrogen and oxygen atoms in total. The summed E-state index contributed by atoms with van der Waals surface area (Å²) in [5.74, 6) is -1.18. The van der Waals surface area contributed by atoms with Crippen LogP contribution in [0.1, 0.15) is 12.5 Å². The molecular weight excluding hydrogens is 314 g/mol. The molecule has 0 aromatic heterocycles. The van der Waals surface area contributed by atoms with Crippen LogP contribution in [0.3, 0.4) is 0 Å². The van der Waals surface area contributed by atoms with Crippen LogP contribution in [0.4, 0.5) is 5.69 Å². The second-order valence-electron chi connectivity index (χ2n) is 4.82. The quantitative estimate of drug-likeness (QED) is 0.379. The van der Waals surface area contributed by atoms with Gasteiger partial charge in [-0.1, -0.05) is 18.2 Å². The van der Waals surface area contributed by atoms with Crippen LogP contribution in [0.5, 0.6) is 0 Å². The van der Waals surface area contributed by atoms with E-state index in [2.05, 4.69) is 17.2 Å². The Morgan fingerprint density at radius 2 is 2.00 bits per heavy atom. The van der Waals surface area contributed by atoms with Gasteiger partial charge in [-0.3, -0.25) is 24.6 Å². The Kier molecular flexibility index (Phi) is 5.02.